The third kappa shape index (κ3) is 6.23. The van der Waals surface area contributed by atoms with Gasteiger partial charge in [-0.3, -0.25) is 0 Å². The molecule has 0 spiro atoms. The summed E-state index contributed by atoms with van der Waals surface area (Å²) in [5.74, 6) is 1.97. The molecule has 0 radical (unpaired) electrons. The lowest BCUT2D eigenvalue weighted by atomic mass is 10.1. The second-order valence-corrected chi connectivity index (χ2v) is 10.3. The van der Waals surface area contributed by atoms with Crippen LogP contribution >= 0.6 is 0 Å². The first kappa shape index (κ1) is 27.5. The van der Waals surface area contributed by atoms with E-state index in [4.69, 9.17) is 19.8 Å². The van der Waals surface area contributed by atoms with Crippen molar-refractivity contribution >= 4 is 23.4 Å². The number of aromatic nitrogens is 3. The number of ether oxygens (including phenoxy) is 1. The molecule has 1 N–H and O–H groups in total. The number of rotatable bonds is 7. The summed E-state index contributed by atoms with van der Waals surface area (Å²) >= 11 is 0. The Balaban J connectivity index is 1.38. The molecule has 0 amide bonds. The molecule has 3 fully saturated rings. The third-order valence-corrected chi connectivity index (χ3v) is 7.55. The van der Waals surface area contributed by atoms with Gasteiger partial charge in [-0.05, 0) is 38.7 Å². The van der Waals surface area contributed by atoms with Crippen molar-refractivity contribution in [3.05, 3.63) is 23.9 Å². The number of aliphatic hydroxyl groups is 1. The summed E-state index contributed by atoms with van der Waals surface area (Å²) in [6.07, 6.45) is -1.07. The van der Waals surface area contributed by atoms with Gasteiger partial charge in [-0.2, -0.15) is 23.1 Å². The number of nitrogens with zero attached hydrogens (tertiary/aromatic N) is 7. The van der Waals surface area contributed by atoms with Crippen LogP contribution in [0.5, 0.6) is 5.75 Å². The van der Waals surface area contributed by atoms with E-state index in [9.17, 15) is 17.6 Å². The molecule has 214 valence electrons. The molecule has 0 unspecified atom stereocenters. The number of hydrogen-bond acceptors (Lipinski definition) is 9. The molecule has 0 aromatic carbocycles. The number of halogens is 4. The number of alkyl halides is 4. The van der Waals surface area contributed by atoms with Gasteiger partial charge in [0.05, 0.1) is 12.8 Å². The molecule has 0 saturated carbocycles. The maximum absolute atomic E-state index is 14.0. The summed E-state index contributed by atoms with van der Waals surface area (Å²) in [7, 11) is 0. The highest BCUT2D eigenvalue weighted by Crippen LogP contribution is 2.38. The molecular formula is C26H35F4N7O2. The zero-order valence-electron chi connectivity index (χ0n) is 22.1. The highest BCUT2D eigenvalue weighted by Gasteiger charge is 2.38. The monoisotopic (exact) mass is 553 g/mol. The number of piperazine rings is 1. The summed E-state index contributed by atoms with van der Waals surface area (Å²) in [5.41, 5.74) is -0.865. The number of piperidine rings is 1. The number of aliphatic hydroxyl groups excluding tert-OH is 1. The second-order valence-electron chi connectivity index (χ2n) is 10.3. The maximum Gasteiger partial charge on any atom is 0.420 e. The average molecular weight is 554 g/mol. The van der Waals surface area contributed by atoms with Crippen molar-refractivity contribution < 1.29 is 27.4 Å². The molecule has 3 saturated heterocycles. The van der Waals surface area contributed by atoms with E-state index in [-0.39, 0.29) is 30.8 Å². The predicted octanol–water partition coefficient (Wildman–Crippen LogP) is 3.52. The zero-order chi connectivity index (χ0) is 27.6. The molecule has 39 heavy (non-hydrogen) atoms. The topological polar surface area (TPSA) is 81.1 Å². The molecule has 0 bridgehead atoms. The van der Waals surface area contributed by atoms with Crippen molar-refractivity contribution in [2.45, 2.75) is 51.0 Å². The Morgan fingerprint density at radius 3 is 2.33 bits per heavy atom. The first-order valence-electron chi connectivity index (χ1n) is 13.6. The van der Waals surface area contributed by atoms with Crippen LogP contribution in [0.25, 0.3) is 0 Å². The lowest BCUT2D eigenvalue weighted by Crippen LogP contribution is -2.53. The van der Waals surface area contributed by atoms with Crippen LogP contribution < -0.4 is 24.3 Å². The fraction of sp³-hybridized carbons (Fsp3) is 0.654. The molecule has 3 aliphatic heterocycles. The largest absolute Gasteiger partial charge is 0.490 e. The number of hydrogen-bond donors (Lipinski definition) is 1. The van der Waals surface area contributed by atoms with E-state index in [0.29, 0.717) is 51.5 Å². The Kier molecular flexibility index (Phi) is 8.15. The molecule has 2 aromatic rings. The Morgan fingerprint density at radius 2 is 1.67 bits per heavy atom. The summed E-state index contributed by atoms with van der Waals surface area (Å²) in [6.45, 7) is 5.57. The minimum absolute atomic E-state index is 0.0356. The minimum Gasteiger partial charge on any atom is -0.490 e. The van der Waals surface area contributed by atoms with E-state index < -0.39 is 17.9 Å². The molecule has 13 heteroatoms. The third-order valence-electron chi connectivity index (χ3n) is 7.55. The van der Waals surface area contributed by atoms with Gasteiger partial charge in [0, 0.05) is 57.9 Å². The molecule has 1 atom stereocenters. The normalized spacial score (nSPS) is 21.1. The van der Waals surface area contributed by atoms with Crippen LogP contribution in [0.1, 0.15) is 38.2 Å². The molecule has 2 aromatic heterocycles. The predicted molar refractivity (Wildman–Crippen MR) is 141 cm³/mol. The summed E-state index contributed by atoms with van der Waals surface area (Å²) in [6, 6.07) is 2.71. The Hall–Kier alpha value is -3.09. The first-order valence-corrected chi connectivity index (χ1v) is 13.6. The van der Waals surface area contributed by atoms with Crippen LogP contribution in [0.4, 0.5) is 41.0 Å². The quantitative estimate of drug-likeness (QED) is 0.518. The van der Waals surface area contributed by atoms with Crippen LogP contribution in [-0.2, 0) is 6.18 Å². The van der Waals surface area contributed by atoms with Crippen molar-refractivity contribution in [3.8, 4) is 5.75 Å². The van der Waals surface area contributed by atoms with E-state index in [1.54, 1.807) is 4.90 Å². The van der Waals surface area contributed by atoms with Crippen LogP contribution in [0.15, 0.2) is 18.3 Å². The van der Waals surface area contributed by atoms with E-state index in [1.165, 1.54) is 6.20 Å². The van der Waals surface area contributed by atoms with Crippen molar-refractivity contribution in [3.63, 3.8) is 0 Å². The van der Waals surface area contributed by atoms with Crippen molar-refractivity contribution in [2.24, 2.45) is 0 Å². The fourth-order valence-electron chi connectivity index (χ4n) is 5.49. The molecular weight excluding hydrogens is 518 g/mol. The average Bonchev–Trinajstić information content (AvgIpc) is 3.47. The first-order chi connectivity index (χ1) is 18.7. The van der Waals surface area contributed by atoms with E-state index in [1.807, 2.05) is 13.0 Å². The number of pyridine rings is 1. The second kappa shape index (κ2) is 11.6. The van der Waals surface area contributed by atoms with E-state index in [0.717, 1.165) is 43.6 Å². The molecule has 0 aliphatic carbocycles. The van der Waals surface area contributed by atoms with Crippen LogP contribution in [-0.4, -0.2) is 91.3 Å². The standard InChI is InChI=1S/C26H35F4N7O2/c1-18-17-36(24-21(26(28,29)30)14-20(16-31-24)39-13-12-38)10-11-37(18)23-15-22(34-8-4-19(27)5-9-34)32-25(33-23)35-6-2-3-7-35/h14-16,18-19,38H,2-13,17H2,1H3/t18-/m1/s1. The van der Waals surface area contributed by atoms with Gasteiger partial charge in [-0.15, -0.1) is 0 Å². The smallest absolute Gasteiger partial charge is 0.420 e. The minimum atomic E-state index is -4.61. The zero-order valence-corrected chi connectivity index (χ0v) is 22.1. The molecule has 5 heterocycles. The van der Waals surface area contributed by atoms with E-state index >= 15 is 0 Å². The van der Waals surface area contributed by atoms with Crippen LogP contribution in [0.2, 0.25) is 0 Å². The van der Waals surface area contributed by atoms with Crippen molar-refractivity contribution in [1.82, 2.24) is 15.0 Å². The van der Waals surface area contributed by atoms with Crippen LogP contribution in [0.3, 0.4) is 0 Å². The summed E-state index contributed by atoms with van der Waals surface area (Å²) in [4.78, 5) is 21.8. The maximum atomic E-state index is 14.0. The van der Waals surface area contributed by atoms with Gasteiger partial charge in [0.15, 0.2) is 0 Å². The highest BCUT2D eigenvalue weighted by molar-refractivity contribution is 5.58. The van der Waals surface area contributed by atoms with Crippen LogP contribution in [0, 0.1) is 0 Å². The van der Waals surface area contributed by atoms with Gasteiger partial charge in [0.25, 0.3) is 0 Å². The molecule has 5 rings (SSSR count). The van der Waals surface area contributed by atoms with Gasteiger partial charge in [0.2, 0.25) is 5.95 Å². The Bertz CT molecular complexity index is 1120. The van der Waals surface area contributed by atoms with Gasteiger partial charge >= 0.3 is 6.18 Å². The van der Waals surface area contributed by atoms with Gasteiger partial charge in [-0.25, -0.2) is 9.37 Å². The van der Waals surface area contributed by atoms with Gasteiger partial charge in [0.1, 0.15) is 41.5 Å². The highest BCUT2D eigenvalue weighted by atomic mass is 19.4. The van der Waals surface area contributed by atoms with Crippen molar-refractivity contribution in [2.75, 3.05) is 78.6 Å². The SMILES string of the molecule is C[C@@H]1CN(c2ncc(OCCO)cc2C(F)(F)F)CCN1c1cc(N2CCC(F)CC2)nc(N2CCCC2)n1. The Morgan fingerprint density at radius 1 is 0.949 bits per heavy atom. The van der Waals surface area contributed by atoms with E-state index in [2.05, 4.69) is 19.7 Å². The lowest BCUT2D eigenvalue weighted by molar-refractivity contribution is -0.137. The van der Waals surface area contributed by atoms with Crippen molar-refractivity contribution in [1.29, 1.82) is 0 Å². The molecule has 9 nitrogen and oxygen atoms in total. The number of anilines is 4. The lowest BCUT2D eigenvalue weighted by Gasteiger charge is -2.42. The van der Waals surface area contributed by atoms with Gasteiger partial charge < -0.3 is 29.4 Å². The van der Waals surface area contributed by atoms with Gasteiger partial charge in [-0.1, -0.05) is 0 Å². The summed E-state index contributed by atoms with van der Waals surface area (Å²) in [5, 5.41) is 8.93. The fourth-order valence-corrected chi connectivity index (χ4v) is 5.49. The Labute approximate surface area is 225 Å². The summed E-state index contributed by atoms with van der Waals surface area (Å²) < 4.78 is 60.8. The molecule has 3 aliphatic rings.